The van der Waals surface area contributed by atoms with Gasteiger partial charge in [0.2, 0.25) is 35.9 Å². The van der Waals surface area contributed by atoms with Crippen LogP contribution in [0.15, 0.2) is 104 Å². The molecule has 16 heteroatoms. The first-order chi connectivity index (χ1) is 31.0. The van der Waals surface area contributed by atoms with E-state index in [0.717, 1.165) is 38.5 Å². The van der Waals surface area contributed by atoms with Crippen LogP contribution in [0, 0.1) is 12.0 Å². The average molecular weight is 871 g/mol. The van der Waals surface area contributed by atoms with Crippen LogP contribution in [0.4, 0.5) is 0 Å². The maximum Gasteiger partial charge on any atom is 0.243 e. The van der Waals surface area contributed by atoms with Crippen molar-refractivity contribution in [2.24, 2.45) is 5.73 Å². The zero-order valence-corrected chi connectivity index (χ0v) is 36.2. The maximum absolute atomic E-state index is 14.4. The molecule has 2 aromatic heterocycles. The van der Waals surface area contributed by atoms with Crippen molar-refractivity contribution >= 4 is 57.8 Å². The van der Waals surface area contributed by atoms with Gasteiger partial charge in [0.05, 0.1) is 12.6 Å². The number of carbonyl (C=O) groups is 6. The number of likely N-dealkylation sites (N-methyl/N-ethyl adjacent to an activating group) is 1. The minimum absolute atomic E-state index is 0.0480. The van der Waals surface area contributed by atoms with Crippen LogP contribution in [0.2, 0.25) is 0 Å². The molecule has 0 radical (unpaired) electrons. The van der Waals surface area contributed by atoms with Gasteiger partial charge in [0.25, 0.3) is 0 Å². The fourth-order valence-electron chi connectivity index (χ4n) is 7.39. The fraction of sp³-hybridized carbons (Fsp3) is 0.333. The predicted molar refractivity (Wildman–Crippen MR) is 247 cm³/mol. The van der Waals surface area contributed by atoms with Crippen LogP contribution in [-0.2, 0) is 48.0 Å². The lowest BCUT2D eigenvalue weighted by molar-refractivity contribution is -0.134. The lowest BCUT2D eigenvalue weighted by atomic mass is 10.0. The van der Waals surface area contributed by atoms with Gasteiger partial charge >= 0.3 is 0 Å². The number of hydrogen-bond acceptors (Lipinski definition) is 8. The summed E-state index contributed by atoms with van der Waals surface area (Å²) in [5, 5.41) is 18.6. The molecule has 5 aromatic rings. The van der Waals surface area contributed by atoms with Gasteiger partial charge in [-0.1, -0.05) is 78.7 Å². The number of nitrogens with one attached hydrogen (secondary N) is 8. The summed E-state index contributed by atoms with van der Waals surface area (Å²) in [6.07, 6.45) is 7.74. The van der Waals surface area contributed by atoms with Gasteiger partial charge in [-0.25, -0.2) is 0 Å². The van der Waals surface area contributed by atoms with Crippen molar-refractivity contribution < 1.29 is 28.8 Å². The van der Waals surface area contributed by atoms with Crippen LogP contribution in [0.5, 0.6) is 0 Å². The first-order valence-electron chi connectivity index (χ1n) is 21.3. The molecule has 0 saturated heterocycles. The summed E-state index contributed by atoms with van der Waals surface area (Å²) < 4.78 is 0. The second-order valence-corrected chi connectivity index (χ2v) is 15.5. The molecule has 64 heavy (non-hydrogen) atoms. The molecule has 5 rings (SSSR count). The SMILES string of the molecule is C=CCN(C#CCNC=O)CCCCC(NC(=O)C(Cc1ccccc1)NC(=O)[C@H](Cc1c[nH]c2ccccc12)NC(=O)[C@H](C)NC(=O)[C@@H](Cc1c[nH]c2ccccc12)NC)C(N)=O. The highest BCUT2D eigenvalue weighted by Crippen LogP contribution is 2.21. The molecular weight excluding hydrogens is 813 g/mol. The summed E-state index contributed by atoms with van der Waals surface area (Å²) in [6.45, 7) is 6.54. The monoisotopic (exact) mass is 870 g/mol. The van der Waals surface area contributed by atoms with Crippen LogP contribution in [0.3, 0.4) is 0 Å². The first-order valence-corrected chi connectivity index (χ1v) is 21.3. The minimum Gasteiger partial charge on any atom is -0.368 e. The van der Waals surface area contributed by atoms with Crippen LogP contribution < -0.4 is 37.6 Å². The van der Waals surface area contributed by atoms with Crippen molar-refractivity contribution in [1.82, 2.24) is 46.8 Å². The normalized spacial score (nSPS) is 13.2. The van der Waals surface area contributed by atoms with E-state index in [1.54, 1.807) is 26.2 Å². The van der Waals surface area contributed by atoms with E-state index >= 15 is 0 Å². The van der Waals surface area contributed by atoms with Crippen molar-refractivity contribution in [3.63, 3.8) is 0 Å². The molecule has 0 saturated carbocycles. The average Bonchev–Trinajstić information content (AvgIpc) is 3.91. The third-order valence-electron chi connectivity index (χ3n) is 10.9. The summed E-state index contributed by atoms with van der Waals surface area (Å²) >= 11 is 0. The molecule has 0 aliphatic heterocycles. The van der Waals surface area contributed by atoms with Gasteiger partial charge in [-0.2, -0.15) is 0 Å². The number of amides is 6. The number of para-hydroxylation sites is 2. The highest BCUT2D eigenvalue weighted by molar-refractivity contribution is 5.96. The Hall–Kier alpha value is -7.38. The number of carbonyl (C=O) groups excluding carboxylic acids is 6. The van der Waals surface area contributed by atoms with E-state index in [2.05, 4.69) is 60.4 Å². The van der Waals surface area contributed by atoms with Crippen LogP contribution in [-0.4, -0.2) is 108 Å². The van der Waals surface area contributed by atoms with Crippen molar-refractivity contribution in [3.8, 4) is 12.0 Å². The smallest absolute Gasteiger partial charge is 0.243 e. The van der Waals surface area contributed by atoms with Gasteiger partial charge < -0.3 is 52.5 Å². The van der Waals surface area contributed by atoms with E-state index in [0.29, 0.717) is 38.8 Å². The number of nitrogens with two attached hydrogens (primary N) is 1. The number of aromatic nitrogens is 2. The predicted octanol–water partition coefficient (Wildman–Crippen LogP) is 2.07. The lowest BCUT2D eigenvalue weighted by Crippen LogP contribution is -2.59. The summed E-state index contributed by atoms with van der Waals surface area (Å²) in [4.78, 5) is 87.5. The van der Waals surface area contributed by atoms with Gasteiger partial charge in [-0.05, 0) is 68.5 Å². The number of unbranched alkanes of at least 4 members (excludes halogenated alkanes) is 1. The van der Waals surface area contributed by atoms with E-state index in [1.165, 1.54) is 0 Å². The highest BCUT2D eigenvalue weighted by atomic mass is 16.2. The second-order valence-electron chi connectivity index (χ2n) is 15.5. The Morgan fingerprint density at radius 1 is 0.719 bits per heavy atom. The molecule has 5 atom stereocenters. The largest absolute Gasteiger partial charge is 0.368 e. The zero-order valence-electron chi connectivity index (χ0n) is 36.2. The fourth-order valence-corrected chi connectivity index (χ4v) is 7.39. The summed E-state index contributed by atoms with van der Waals surface area (Å²) in [5.41, 5.74) is 9.99. The maximum atomic E-state index is 14.4. The third-order valence-corrected chi connectivity index (χ3v) is 10.9. The van der Waals surface area contributed by atoms with Crippen molar-refractivity contribution in [3.05, 3.63) is 121 Å². The molecular formula is C48H58N10O6. The van der Waals surface area contributed by atoms with E-state index < -0.39 is 59.7 Å². The Bertz CT molecular complexity index is 2440. The van der Waals surface area contributed by atoms with Crippen molar-refractivity contribution in [1.29, 1.82) is 0 Å². The molecule has 16 nitrogen and oxygen atoms in total. The number of rotatable bonds is 25. The van der Waals surface area contributed by atoms with Crippen LogP contribution in [0.25, 0.3) is 21.8 Å². The Morgan fingerprint density at radius 2 is 1.27 bits per heavy atom. The molecule has 2 heterocycles. The summed E-state index contributed by atoms with van der Waals surface area (Å²) in [6, 6.07) is 22.3. The van der Waals surface area contributed by atoms with Gasteiger partial charge in [0.1, 0.15) is 24.2 Å². The quantitative estimate of drug-likeness (QED) is 0.0138. The van der Waals surface area contributed by atoms with Gasteiger partial charge in [-0.3, -0.25) is 28.8 Å². The summed E-state index contributed by atoms with van der Waals surface area (Å²) in [5.74, 6) is -0.165. The molecule has 0 fully saturated rings. The highest BCUT2D eigenvalue weighted by Gasteiger charge is 2.32. The number of benzene rings is 3. The second kappa shape index (κ2) is 24.3. The molecule has 0 aliphatic rings. The molecule has 0 spiro atoms. The number of aromatic amines is 2. The molecule has 6 amide bonds. The molecule has 0 aliphatic carbocycles. The number of fused-ring (bicyclic) bond motifs is 2. The van der Waals surface area contributed by atoms with E-state index in [-0.39, 0.29) is 25.8 Å². The standard InChI is InChI=1S/C48H58N10O6/c1-4-23-58(25-14-22-51-31-59)24-13-12-21-40(44(49)60)55-47(63)42(26-33-15-6-5-7-16-33)57-48(64)43(28-35-30-53-39-20-11-9-18-37(35)39)56-45(61)32(2)54-46(62)41(50-3)27-34-29-52-38-19-10-8-17-36(34)38/h4-11,15-20,29-32,40-43,50,52-53H,1,12-13,21-24,26-28H2,2-3H3,(H2,49,60)(H,51,59)(H,54,62)(H,55,63)(H,56,61)(H,57,64)/t32-,40?,41+,42?,43-/m0/s1. The van der Waals surface area contributed by atoms with E-state index in [9.17, 15) is 28.8 Å². The molecule has 3 aromatic carbocycles. The first kappa shape index (κ1) is 47.7. The van der Waals surface area contributed by atoms with Crippen molar-refractivity contribution in [2.45, 2.75) is 75.7 Å². The van der Waals surface area contributed by atoms with Crippen LogP contribution in [0.1, 0.15) is 42.9 Å². The van der Waals surface area contributed by atoms with E-state index in [4.69, 9.17) is 5.73 Å². The zero-order chi connectivity index (χ0) is 45.8. The van der Waals surface area contributed by atoms with Gasteiger partial charge in [0.15, 0.2) is 0 Å². The van der Waals surface area contributed by atoms with Gasteiger partial charge in [-0.15, -0.1) is 6.58 Å². The minimum atomic E-state index is -1.19. The topological polar surface area (TPSA) is 235 Å². The van der Waals surface area contributed by atoms with Gasteiger partial charge in [0, 0.05) is 66.2 Å². The third kappa shape index (κ3) is 13.8. The Balaban J connectivity index is 1.30. The Labute approximate surface area is 372 Å². The number of nitrogens with zero attached hydrogens (tertiary/aromatic N) is 1. The van der Waals surface area contributed by atoms with Crippen LogP contribution >= 0.6 is 0 Å². The molecule has 0 bridgehead atoms. The Kier molecular flexibility index (Phi) is 18.1. The number of H-pyrrole nitrogens is 2. The molecule has 10 N–H and O–H groups in total. The number of hydrogen-bond donors (Lipinski definition) is 9. The molecule has 2 unspecified atom stereocenters. The summed E-state index contributed by atoms with van der Waals surface area (Å²) in [7, 11) is 1.67. The Morgan fingerprint density at radius 3 is 1.86 bits per heavy atom. The van der Waals surface area contributed by atoms with E-state index in [1.807, 2.05) is 90.0 Å². The number of primary amides is 1. The molecule has 336 valence electrons. The lowest BCUT2D eigenvalue weighted by Gasteiger charge is -2.26. The van der Waals surface area contributed by atoms with Crippen molar-refractivity contribution in [2.75, 3.05) is 26.7 Å².